The first kappa shape index (κ1) is 18.8. The van der Waals surface area contributed by atoms with Gasteiger partial charge in [0.2, 0.25) is 0 Å². The van der Waals surface area contributed by atoms with E-state index in [1.54, 1.807) is 37.3 Å². The number of aromatic nitrogens is 2. The van der Waals surface area contributed by atoms with E-state index in [4.69, 9.17) is 24.2 Å². The summed E-state index contributed by atoms with van der Waals surface area (Å²) in [6, 6.07) is 0. The third-order valence-electron chi connectivity index (χ3n) is 4.15. The van der Waals surface area contributed by atoms with E-state index in [1.807, 2.05) is 0 Å². The lowest BCUT2D eigenvalue weighted by Gasteiger charge is -2.30. The monoisotopic (exact) mass is 383 g/mol. The van der Waals surface area contributed by atoms with Gasteiger partial charge in [-0.05, 0) is 25.2 Å². The molecule has 25 heavy (non-hydrogen) atoms. The third kappa shape index (κ3) is 4.09. The third-order valence-corrected chi connectivity index (χ3v) is 5.97. The standard InChI is InChI=1S/C17H25N3O3S2/c1-6-24-16-19-14(18-8-12(21-4)22-5)13-10-7-17(2,3)23-9-11(10)25-15(13)20-16/h12H,6-9H2,1-5H3,(H,18,19,20). The van der Waals surface area contributed by atoms with E-state index in [2.05, 4.69) is 26.1 Å². The molecule has 0 saturated heterocycles. The predicted molar refractivity (Wildman–Crippen MR) is 103 cm³/mol. The molecule has 0 spiro atoms. The van der Waals surface area contributed by atoms with Crippen molar-refractivity contribution in [3.63, 3.8) is 0 Å². The summed E-state index contributed by atoms with van der Waals surface area (Å²) in [5, 5.41) is 5.31. The number of thioether (sulfide) groups is 1. The number of fused-ring (bicyclic) bond motifs is 3. The first-order valence-corrected chi connectivity index (χ1v) is 10.2. The Bertz CT molecular complexity index is 744. The molecule has 0 bridgehead atoms. The SMILES string of the molecule is CCSc1nc(NCC(OC)OC)c2c3c(sc2n1)COC(C)(C)C3. The fourth-order valence-corrected chi connectivity index (χ4v) is 4.62. The molecule has 138 valence electrons. The van der Waals surface area contributed by atoms with Crippen LogP contribution in [0.4, 0.5) is 5.82 Å². The highest BCUT2D eigenvalue weighted by molar-refractivity contribution is 7.99. The predicted octanol–water partition coefficient (Wildman–Crippen LogP) is 3.69. The zero-order valence-corrected chi connectivity index (χ0v) is 17.0. The van der Waals surface area contributed by atoms with Gasteiger partial charge in [-0.1, -0.05) is 18.7 Å². The van der Waals surface area contributed by atoms with E-state index >= 15 is 0 Å². The Morgan fingerprint density at radius 1 is 1.32 bits per heavy atom. The lowest BCUT2D eigenvalue weighted by Crippen LogP contribution is -2.31. The fourth-order valence-electron chi connectivity index (χ4n) is 2.89. The summed E-state index contributed by atoms with van der Waals surface area (Å²) >= 11 is 3.35. The van der Waals surface area contributed by atoms with Gasteiger partial charge in [0.25, 0.3) is 0 Å². The largest absolute Gasteiger partial charge is 0.370 e. The Morgan fingerprint density at radius 3 is 2.76 bits per heavy atom. The van der Waals surface area contributed by atoms with Crippen molar-refractivity contribution in [1.82, 2.24) is 9.97 Å². The van der Waals surface area contributed by atoms with Crippen molar-refractivity contribution >= 4 is 39.1 Å². The minimum atomic E-state index is -0.318. The molecule has 1 N–H and O–H groups in total. The number of nitrogens with zero attached hydrogens (tertiary/aromatic N) is 2. The zero-order chi connectivity index (χ0) is 18.0. The Hall–Kier alpha value is -0.930. The van der Waals surface area contributed by atoms with Crippen molar-refractivity contribution < 1.29 is 14.2 Å². The zero-order valence-electron chi connectivity index (χ0n) is 15.3. The Morgan fingerprint density at radius 2 is 2.08 bits per heavy atom. The van der Waals surface area contributed by atoms with Gasteiger partial charge < -0.3 is 19.5 Å². The van der Waals surface area contributed by atoms with Crippen LogP contribution in [0.15, 0.2) is 5.16 Å². The van der Waals surface area contributed by atoms with Gasteiger partial charge in [-0.2, -0.15) is 0 Å². The molecular formula is C17H25N3O3S2. The van der Waals surface area contributed by atoms with Crippen LogP contribution in [0, 0.1) is 0 Å². The molecule has 1 aliphatic heterocycles. The van der Waals surface area contributed by atoms with Crippen molar-refractivity contribution in [1.29, 1.82) is 0 Å². The lowest BCUT2D eigenvalue weighted by molar-refractivity contribution is -0.0914. The topological polar surface area (TPSA) is 65.5 Å². The van der Waals surface area contributed by atoms with Gasteiger partial charge in [0.05, 0.1) is 24.1 Å². The van der Waals surface area contributed by atoms with Gasteiger partial charge >= 0.3 is 0 Å². The summed E-state index contributed by atoms with van der Waals surface area (Å²) < 4.78 is 16.5. The number of hydrogen-bond acceptors (Lipinski definition) is 8. The van der Waals surface area contributed by atoms with Crippen LogP contribution >= 0.6 is 23.1 Å². The molecule has 8 heteroatoms. The van der Waals surface area contributed by atoms with Gasteiger partial charge in [-0.3, -0.25) is 0 Å². The lowest BCUT2D eigenvalue weighted by atomic mass is 9.94. The molecule has 0 atom stereocenters. The molecule has 0 unspecified atom stereocenters. The molecule has 0 amide bonds. The van der Waals surface area contributed by atoms with E-state index in [1.165, 1.54) is 10.4 Å². The van der Waals surface area contributed by atoms with Crippen LogP contribution in [-0.2, 0) is 27.2 Å². The maximum absolute atomic E-state index is 5.97. The van der Waals surface area contributed by atoms with Crippen LogP contribution < -0.4 is 5.32 Å². The molecule has 0 aliphatic carbocycles. The van der Waals surface area contributed by atoms with Crippen molar-refractivity contribution in [3.8, 4) is 0 Å². The summed E-state index contributed by atoms with van der Waals surface area (Å²) in [6.07, 6.45) is 0.542. The number of anilines is 1. The molecule has 0 aromatic carbocycles. The minimum absolute atomic E-state index is 0.170. The van der Waals surface area contributed by atoms with Crippen molar-refractivity contribution in [2.24, 2.45) is 0 Å². The van der Waals surface area contributed by atoms with Crippen LogP contribution in [0.25, 0.3) is 10.2 Å². The van der Waals surface area contributed by atoms with Gasteiger partial charge in [0, 0.05) is 25.5 Å². The number of hydrogen-bond donors (Lipinski definition) is 1. The highest BCUT2D eigenvalue weighted by Gasteiger charge is 2.31. The molecule has 2 aromatic rings. The maximum atomic E-state index is 5.97. The van der Waals surface area contributed by atoms with E-state index in [-0.39, 0.29) is 11.9 Å². The summed E-state index contributed by atoms with van der Waals surface area (Å²) in [6.45, 7) is 7.52. The van der Waals surface area contributed by atoms with Crippen LogP contribution in [0.3, 0.4) is 0 Å². The summed E-state index contributed by atoms with van der Waals surface area (Å²) in [4.78, 5) is 11.8. The first-order chi connectivity index (χ1) is 12.0. The molecular weight excluding hydrogens is 358 g/mol. The number of nitrogens with one attached hydrogen (secondary N) is 1. The van der Waals surface area contributed by atoms with Crippen molar-refractivity contribution in [2.75, 3.05) is 31.8 Å². The van der Waals surface area contributed by atoms with Crippen LogP contribution in [0.2, 0.25) is 0 Å². The van der Waals surface area contributed by atoms with Crippen LogP contribution in [0.5, 0.6) is 0 Å². The van der Waals surface area contributed by atoms with Crippen LogP contribution in [-0.4, -0.2) is 48.4 Å². The van der Waals surface area contributed by atoms with Gasteiger partial charge in [0.1, 0.15) is 10.6 Å². The molecule has 1 aliphatic rings. The van der Waals surface area contributed by atoms with Gasteiger partial charge in [-0.15, -0.1) is 11.3 Å². The van der Waals surface area contributed by atoms with Crippen molar-refractivity contribution in [2.45, 2.75) is 50.8 Å². The normalized spacial score (nSPS) is 16.4. The van der Waals surface area contributed by atoms with E-state index in [0.29, 0.717) is 13.2 Å². The number of rotatable bonds is 7. The molecule has 0 radical (unpaired) electrons. The highest BCUT2D eigenvalue weighted by Crippen LogP contribution is 2.41. The van der Waals surface area contributed by atoms with E-state index < -0.39 is 0 Å². The smallest absolute Gasteiger partial charge is 0.190 e. The molecule has 3 rings (SSSR count). The second kappa shape index (κ2) is 7.75. The molecule has 6 nitrogen and oxygen atoms in total. The van der Waals surface area contributed by atoms with Crippen LogP contribution in [0.1, 0.15) is 31.2 Å². The van der Waals surface area contributed by atoms with E-state index in [9.17, 15) is 0 Å². The Balaban J connectivity index is 2.03. The van der Waals surface area contributed by atoms with Gasteiger partial charge in [-0.25, -0.2) is 9.97 Å². The Kier molecular flexibility index (Phi) is 5.85. The quantitative estimate of drug-likeness (QED) is 0.444. The number of thiophene rings is 1. The van der Waals surface area contributed by atoms with E-state index in [0.717, 1.165) is 33.4 Å². The van der Waals surface area contributed by atoms with Crippen molar-refractivity contribution in [3.05, 3.63) is 10.4 Å². The molecule has 2 aromatic heterocycles. The number of methoxy groups -OCH3 is 2. The molecule has 0 saturated carbocycles. The minimum Gasteiger partial charge on any atom is -0.370 e. The number of ether oxygens (including phenoxy) is 3. The highest BCUT2D eigenvalue weighted by atomic mass is 32.2. The summed E-state index contributed by atoms with van der Waals surface area (Å²) in [5.41, 5.74) is 1.13. The maximum Gasteiger partial charge on any atom is 0.190 e. The summed E-state index contributed by atoms with van der Waals surface area (Å²) in [5.74, 6) is 1.79. The average molecular weight is 384 g/mol. The Labute approximate surface area is 156 Å². The fraction of sp³-hybridized carbons (Fsp3) is 0.647. The molecule has 0 fully saturated rings. The summed E-state index contributed by atoms with van der Waals surface area (Å²) in [7, 11) is 3.27. The second-order valence-electron chi connectivity index (χ2n) is 6.48. The first-order valence-electron chi connectivity index (χ1n) is 8.36. The average Bonchev–Trinajstić information content (AvgIpc) is 2.92. The van der Waals surface area contributed by atoms with Gasteiger partial charge in [0.15, 0.2) is 11.4 Å². The molecule has 3 heterocycles. The second-order valence-corrected chi connectivity index (χ2v) is 8.79.